The van der Waals surface area contributed by atoms with Crippen LogP contribution in [0.2, 0.25) is 0 Å². The van der Waals surface area contributed by atoms with Crippen molar-refractivity contribution in [2.45, 2.75) is 32.4 Å². The van der Waals surface area contributed by atoms with E-state index in [9.17, 15) is 18.4 Å². The van der Waals surface area contributed by atoms with Crippen molar-refractivity contribution in [1.82, 2.24) is 14.9 Å². The molecule has 3 aromatic rings. The van der Waals surface area contributed by atoms with E-state index in [0.717, 1.165) is 22.5 Å². The van der Waals surface area contributed by atoms with Crippen LogP contribution in [0.5, 0.6) is 0 Å². The summed E-state index contributed by atoms with van der Waals surface area (Å²) in [5.74, 6) is -2.19. The smallest absolute Gasteiger partial charge is 0.280 e. The highest BCUT2D eigenvalue weighted by molar-refractivity contribution is 7.03. The first-order valence-corrected chi connectivity index (χ1v) is 9.93. The van der Waals surface area contributed by atoms with Gasteiger partial charge in [0.2, 0.25) is 5.91 Å². The van der Waals surface area contributed by atoms with Gasteiger partial charge in [0.15, 0.2) is 5.69 Å². The van der Waals surface area contributed by atoms with Crippen LogP contribution in [0.4, 0.5) is 14.5 Å². The number of anilines is 1. The maximum Gasteiger partial charge on any atom is 0.280 e. The quantitative estimate of drug-likeness (QED) is 0.661. The highest BCUT2D eigenvalue weighted by Crippen LogP contribution is 2.30. The van der Waals surface area contributed by atoms with E-state index in [2.05, 4.69) is 14.9 Å². The number of benzene rings is 2. The van der Waals surface area contributed by atoms with Crippen LogP contribution >= 0.6 is 11.5 Å². The van der Waals surface area contributed by atoms with Crippen molar-refractivity contribution >= 4 is 29.0 Å². The molecule has 0 bridgehead atoms. The summed E-state index contributed by atoms with van der Waals surface area (Å²) in [6, 6.07) is 9.38. The zero-order valence-corrected chi connectivity index (χ0v) is 17.4. The Kier molecular flexibility index (Phi) is 6.21. The molecule has 2 aromatic carbocycles. The van der Waals surface area contributed by atoms with E-state index in [0.29, 0.717) is 5.56 Å². The number of hydrogen-bond donors (Lipinski definition) is 1. The lowest BCUT2D eigenvalue weighted by molar-refractivity contribution is -0.123. The number of amides is 2. The maximum atomic E-state index is 14.0. The summed E-state index contributed by atoms with van der Waals surface area (Å²) < 4.78 is 31.2. The highest BCUT2D eigenvalue weighted by Gasteiger charge is 2.36. The first kappa shape index (κ1) is 21.5. The molecular weight excluding hydrogens is 410 g/mol. The lowest BCUT2D eigenvalue weighted by Gasteiger charge is -2.33. The molecule has 1 aromatic heterocycles. The Morgan fingerprint density at radius 3 is 2.33 bits per heavy atom. The lowest BCUT2D eigenvalue weighted by Crippen LogP contribution is -2.49. The summed E-state index contributed by atoms with van der Waals surface area (Å²) >= 11 is 0.979. The van der Waals surface area contributed by atoms with E-state index in [4.69, 9.17) is 0 Å². The molecule has 30 heavy (non-hydrogen) atoms. The van der Waals surface area contributed by atoms with Crippen LogP contribution in [0.1, 0.15) is 42.9 Å². The average Bonchev–Trinajstić information content (AvgIpc) is 3.20. The van der Waals surface area contributed by atoms with Gasteiger partial charge >= 0.3 is 0 Å². The Balaban J connectivity index is 2.18. The molecule has 6 nitrogen and oxygen atoms in total. The van der Waals surface area contributed by atoms with E-state index >= 15 is 0 Å². The molecule has 9 heteroatoms. The number of carbonyl (C=O) groups excluding carboxylic acids is 2. The van der Waals surface area contributed by atoms with E-state index in [1.807, 2.05) is 0 Å². The van der Waals surface area contributed by atoms with Gasteiger partial charge in [0, 0.05) is 16.6 Å². The number of rotatable bonds is 5. The topological polar surface area (TPSA) is 75.2 Å². The van der Waals surface area contributed by atoms with Gasteiger partial charge in [-0.05, 0) is 68.2 Å². The van der Waals surface area contributed by atoms with Crippen molar-refractivity contribution in [3.63, 3.8) is 0 Å². The average molecular weight is 430 g/mol. The number of halogens is 2. The Bertz CT molecular complexity index is 1030. The third-order valence-corrected chi connectivity index (χ3v) is 4.58. The molecule has 3 rings (SSSR count). The summed E-state index contributed by atoms with van der Waals surface area (Å²) in [5, 5.41) is 8.09. The minimum Gasteiger partial charge on any atom is -0.349 e. The Hall–Kier alpha value is -3.20. The van der Waals surface area contributed by atoms with Gasteiger partial charge in [-0.1, -0.05) is 22.7 Å². The van der Waals surface area contributed by atoms with Crippen molar-refractivity contribution in [3.8, 4) is 0 Å². The van der Waals surface area contributed by atoms with Gasteiger partial charge in [-0.2, -0.15) is 0 Å². The summed E-state index contributed by atoms with van der Waals surface area (Å²) in [6.45, 7) is 5.39. The third kappa shape index (κ3) is 5.04. The second kappa shape index (κ2) is 8.66. The van der Waals surface area contributed by atoms with Crippen LogP contribution in [0.25, 0.3) is 0 Å². The molecule has 0 aliphatic carbocycles. The predicted octanol–water partition coefficient (Wildman–Crippen LogP) is 4.12. The van der Waals surface area contributed by atoms with E-state index in [1.165, 1.54) is 47.8 Å². The van der Waals surface area contributed by atoms with E-state index in [1.54, 1.807) is 20.8 Å². The summed E-state index contributed by atoms with van der Waals surface area (Å²) in [4.78, 5) is 27.8. The molecule has 1 atom stereocenters. The van der Waals surface area contributed by atoms with Gasteiger partial charge in [-0.25, -0.2) is 8.78 Å². The van der Waals surface area contributed by atoms with Crippen molar-refractivity contribution in [3.05, 3.63) is 76.8 Å². The van der Waals surface area contributed by atoms with Crippen LogP contribution in [0, 0.1) is 11.6 Å². The fraction of sp³-hybridized carbons (Fsp3) is 0.238. The SMILES string of the molecule is CC(C)(C)NC(=O)[C@H](c1ccc(F)cc1)N(C(=O)c1csnn1)c1cccc(F)c1. The summed E-state index contributed by atoms with van der Waals surface area (Å²) in [6.07, 6.45) is 0. The molecule has 0 aliphatic rings. The number of nitrogens with zero attached hydrogens (tertiary/aromatic N) is 3. The van der Waals surface area contributed by atoms with Crippen molar-refractivity contribution in [2.24, 2.45) is 0 Å². The van der Waals surface area contributed by atoms with Gasteiger partial charge in [0.05, 0.1) is 0 Å². The van der Waals surface area contributed by atoms with Gasteiger partial charge in [-0.15, -0.1) is 5.10 Å². The van der Waals surface area contributed by atoms with E-state index < -0.39 is 35.0 Å². The molecule has 0 saturated heterocycles. The van der Waals surface area contributed by atoms with Crippen molar-refractivity contribution in [2.75, 3.05) is 4.90 Å². The Labute approximate surface area is 176 Å². The molecule has 0 aliphatic heterocycles. The molecule has 0 spiro atoms. The van der Waals surface area contributed by atoms with Crippen molar-refractivity contribution in [1.29, 1.82) is 0 Å². The monoisotopic (exact) mass is 430 g/mol. The zero-order chi connectivity index (χ0) is 21.9. The fourth-order valence-electron chi connectivity index (χ4n) is 2.89. The van der Waals surface area contributed by atoms with Gasteiger partial charge in [0.1, 0.15) is 17.7 Å². The molecule has 156 valence electrons. The standard InChI is InChI=1S/C21H20F2N4O2S/c1-21(2,3)24-19(28)18(13-7-9-14(22)10-8-13)27(16-6-4-5-15(23)11-16)20(29)17-12-30-26-25-17/h4-12,18H,1-3H3,(H,24,28)/t18-/m0/s1. The number of carbonyl (C=O) groups is 2. The van der Waals surface area contributed by atoms with Crippen LogP contribution < -0.4 is 10.2 Å². The van der Waals surface area contributed by atoms with Gasteiger partial charge in [0.25, 0.3) is 5.91 Å². The van der Waals surface area contributed by atoms with Crippen LogP contribution in [0.15, 0.2) is 53.9 Å². The van der Waals surface area contributed by atoms with Crippen LogP contribution in [0.3, 0.4) is 0 Å². The predicted molar refractivity (Wildman–Crippen MR) is 110 cm³/mol. The van der Waals surface area contributed by atoms with Crippen molar-refractivity contribution < 1.29 is 18.4 Å². The Morgan fingerprint density at radius 2 is 1.77 bits per heavy atom. The normalized spacial score (nSPS) is 12.3. The minimum atomic E-state index is -1.19. The molecule has 1 N–H and O–H groups in total. The van der Waals surface area contributed by atoms with Crippen LogP contribution in [-0.4, -0.2) is 26.9 Å². The molecule has 2 amide bonds. The minimum absolute atomic E-state index is 0.0138. The van der Waals surface area contributed by atoms with Gasteiger partial charge < -0.3 is 5.32 Å². The second-order valence-corrected chi connectivity index (χ2v) is 8.25. The third-order valence-electron chi connectivity index (χ3n) is 4.07. The maximum absolute atomic E-state index is 14.0. The molecule has 0 saturated carbocycles. The highest BCUT2D eigenvalue weighted by atomic mass is 32.1. The van der Waals surface area contributed by atoms with E-state index in [-0.39, 0.29) is 11.4 Å². The number of aromatic nitrogens is 2. The molecule has 0 fully saturated rings. The van der Waals surface area contributed by atoms with Crippen LogP contribution in [-0.2, 0) is 4.79 Å². The molecule has 0 radical (unpaired) electrons. The first-order chi connectivity index (χ1) is 14.2. The summed E-state index contributed by atoms with van der Waals surface area (Å²) in [7, 11) is 0. The lowest BCUT2D eigenvalue weighted by atomic mass is 10.0. The molecular formula is C21H20F2N4O2S. The first-order valence-electron chi connectivity index (χ1n) is 9.09. The second-order valence-electron chi connectivity index (χ2n) is 7.64. The fourth-order valence-corrected chi connectivity index (χ4v) is 3.32. The molecule has 1 heterocycles. The summed E-state index contributed by atoms with van der Waals surface area (Å²) in [5.41, 5.74) is -0.0703. The number of nitrogens with one attached hydrogen (secondary N) is 1. The zero-order valence-electron chi connectivity index (χ0n) is 16.6. The van der Waals surface area contributed by atoms with Gasteiger partial charge in [-0.3, -0.25) is 14.5 Å². The Morgan fingerprint density at radius 1 is 1.07 bits per heavy atom. The molecule has 0 unspecified atom stereocenters. The largest absolute Gasteiger partial charge is 0.349 e. The number of hydrogen-bond acceptors (Lipinski definition) is 5.